The molecule has 1 heterocycles. The van der Waals surface area contributed by atoms with Gasteiger partial charge in [-0.2, -0.15) is 5.26 Å². The minimum Gasteiger partial charge on any atom is -0.347 e. The largest absolute Gasteiger partial charge is 0.347 e. The van der Waals surface area contributed by atoms with Gasteiger partial charge in [0.15, 0.2) is 0 Å². The van der Waals surface area contributed by atoms with Crippen LogP contribution in [0.4, 0.5) is 0 Å². The van der Waals surface area contributed by atoms with Gasteiger partial charge in [0.1, 0.15) is 0 Å². The van der Waals surface area contributed by atoms with Crippen molar-refractivity contribution >= 4 is 10.9 Å². The van der Waals surface area contributed by atoms with Gasteiger partial charge in [0.25, 0.3) is 0 Å². The van der Waals surface area contributed by atoms with Gasteiger partial charge in [-0.15, -0.1) is 0 Å². The molecule has 0 spiro atoms. The number of hydrogen-bond donors (Lipinski definition) is 1. The average molecular weight is 255 g/mol. The SMILES string of the molecule is CC(C)(C)NCCCn1ccc2ccc(C#N)cc21. The molecule has 0 atom stereocenters. The Morgan fingerprint density at radius 3 is 2.74 bits per heavy atom. The highest BCUT2D eigenvalue weighted by atomic mass is 15.0. The van der Waals surface area contributed by atoms with Crippen LogP contribution in [0.15, 0.2) is 30.5 Å². The Kier molecular flexibility index (Phi) is 3.92. The van der Waals surface area contributed by atoms with Crippen molar-refractivity contribution in [2.24, 2.45) is 0 Å². The van der Waals surface area contributed by atoms with E-state index in [1.165, 1.54) is 5.39 Å². The second kappa shape index (κ2) is 5.46. The lowest BCUT2D eigenvalue weighted by Gasteiger charge is -2.20. The molecule has 2 aromatic rings. The first-order chi connectivity index (χ1) is 8.99. The van der Waals surface area contributed by atoms with E-state index in [-0.39, 0.29) is 5.54 Å². The molecule has 0 bridgehead atoms. The first kappa shape index (κ1) is 13.6. The first-order valence-electron chi connectivity index (χ1n) is 6.74. The fourth-order valence-electron chi connectivity index (χ4n) is 2.16. The van der Waals surface area contributed by atoms with Crippen LogP contribution in [-0.2, 0) is 6.54 Å². The van der Waals surface area contributed by atoms with Gasteiger partial charge >= 0.3 is 0 Å². The number of nitrogens with one attached hydrogen (secondary N) is 1. The van der Waals surface area contributed by atoms with E-state index in [0.29, 0.717) is 0 Å². The molecule has 0 aliphatic carbocycles. The summed E-state index contributed by atoms with van der Waals surface area (Å²) < 4.78 is 2.22. The highest BCUT2D eigenvalue weighted by molar-refractivity contribution is 5.81. The Bertz CT molecular complexity index is 596. The Morgan fingerprint density at radius 1 is 1.26 bits per heavy atom. The van der Waals surface area contributed by atoms with Crippen molar-refractivity contribution in [2.75, 3.05) is 6.54 Å². The fourth-order valence-corrected chi connectivity index (χ4v) is 2.16. The molecule has 0 saturated carbocycles. The Balaban J connectivity index is 2.03. The van der Waals surface area contributed by atoms with Crippen LogP contribution >= 0.6 is 0 Å². The molecule has 1 N–H and O–H groups in total. The Morgan fingerprint density at radius 2 is 2.05 bits per heavy atom. The third-order valence-electron chi connectivity index (χ3n) is 3.13. The summed E-state index contributed by atoms with van der Waals surface area (Å²) in [5.74, 6) is 0. The topological polar surface area (TPSA) is 40.8 Å². The van der Waals surface area contributed by atoms with Crippen LogP contribution in [-0.4, -0.2) is 16.7 Å². The molecule has 19 heavy (non-hydrogen) atoms. The molecular formula is C16H21N3. The monoisotopic (exact) mass is 255 g/mol. The first-order valence-corrected chi connectivity index (χ1v) is 6.74. The second-order valence-corrected chi connectivity index (χ2v) is 5.92. The van der Waals surface area contributed by atoms with Gasteiger partial charge in [-0.1, -0.05) is 6.07 Å². The van der Waals surface area contributed by atoms with Gasteiger partial charge < -0.3 is 9.88 Å². The van der Waals surface area contributed by atoms with E-state index in [1.54, 1.807) is 0 Å². The zero-order valence-corrected chi connectivity index (χ0v) is 11.9. The van der Waals surface area contributed by atoms with Crippen molar-refractivity contribution in [3.63, 3.8) is 0 Å². The molecule has 1 aromatic heterocycles. The van der Waals surface area contributed by atoms with Crippen molar-refractivity contribution in [3.05, 3.63) is 36.0 Å². The molecule has 2 rings (SSSR count). The van der Waals surface area contributed by atoms with E-state index in [9.17, 15) is 0 Å². The van der Waals surface area contributed by atoms with E-state index in [2.05, 4.69) is 49.0 Å². The van der Waals surface area contributed by atoms with Crippen LogP contribution in [0.3, 0.4) is 0 Å². The smallest absolute Gasteiger partial charge is 0.0992 e. The quantitative estimate of drug-likeness (QED) is 0.852. The van der Waals surface area contributed by atoms with E-state index in [4.69, 9.17) is 5.26 Å². The summed E-state index contributed by atoms with van der Waals surface area (Å²) in [7, 11) is 0. The molecule has 0 amide bonds. The van der Waals surface area contributed by atoms with Crippen molar-refractivity contribution < 1.29 is 0 Å². The highest BCUT2D eigenvalue weighted by Crippen LogP contribution is 2.17. The summed E-state index contributed by atoms with van der Waals surface area (Å²) in [6.07, 6.45) is 3.18. The van der Waals surface area contributed by atoms with Crippen LogP contribution in [0.5, 0.6) is 0 Å². The van der Waals surface area contributed by atoms with Gasteiger partial charge in [-0.3, -0.25) is 0 Å². The summed E-state index contributed by atoms with van der Waals surface area (Å²) in [5.41, 5.74) is 2.04. The third kappa shape index (κ3) is 3.59. The molecule has 0 aliphatic heterocycles. The molecule has 0 fully saturated rings. The predicted molar refractivity (Wildman–Crippen MR) is 79.0 cm³/mol. The van der Waals surface area contributed by atoms with Crippen molar-refractivity contribution in [3.8, 4) is 6.07 Å². The van der Waals surface area contributed by atoms with Crippen molar-refractivity contribution in [1.29, 1.82) is 5.26 Å². The van der Waals surface area contributed by atoms with Gasteiger partial charge in [0, 0.05) is 23.8 Å². The number of fused-ring (bicyclic) bond motifs is 1. The van der Waals surface area contributed by atoms with Crippen molar-refractivity contribution in [2.45, 2.75) is 39.3 Å². The number of nitrogens with zero attached hydrogens (tertiary/aromatic N) is 2. The summed E-state index contributed by atoms with van der Waals surface area (Å²) >= 11 is 0. The van der Waals surface area contributed by atoms with Gasteiger partial charge in [0.05, 0.1) is 11.6 Å². The standard InChI is InChI=1S/C16H21N3/c1-16(2,3)18-8-4-9-19-10-7-14-6-5-13(12-17)11-15(14)19/h5-7,10-11,18H,4,8-9H2,1-3H3. The lowest BCUT2D eigenvalue weighted by Crippen LogP contribution is -2.36. The number of benzene rings is 1. The minimum absolute atomic E-state index is 0.173. The molecule has 0 radical (unpaired) electrons. The highest BCUT2D eigenvalue weighted by Gasteiger charge is 2.07. The second-order valence-electron chi connectivity index (χ2n) is 5.92. The maximum absolute atomic E-state index is 8.96. The number of aryl methyl sites for hydroxylation is 1. The van der Waals surface area contributed by atoms with Crippen LogP contribution in [0.1, 0.15) is 32.8 Å². The number of nitriles is 1. The zero-order chi connectivity index (χ0) is 13.9. The summed E-state index contributed by atoms with van der Waals surface area (Å²) in [5, 5.41) is 13.6. The normalized spacial score (nSPS) is 11.7. The number of rotatable bonds is 4. The number of hydrogen-bond acceptors (Lipinski definition) is 2. The van der Waals surface area contributed by atoms with Crippen LogP contribution in [0.25, 0.3) is 10.9 Å². The summed E-state index contributed by atoms with van der Waals surface area (Å²) in [4.78, 5) is 0. The zero-order valence-electron chi connectivity index (χ0n) is 11.9. The van der Waals surface area contributed by atoms with Gasteiger partial charge in [-0.25, -0.2) is 0 Å². The van der Waals surface area contributed by atoms with Crippen LogP contribution < -0.4 is 5.32 Å². The molecule has 3 heteroatoms. The van der Waals surface area contributed by atoms with Gasteiger partial charge in [0.2, 0.25) is 0 Å². The summed E-state index contributed by atoms with van der Waals surface area (Å²) in [6.45, 7) is 8.51. The van der Waals surface area contributed by atoms with Gasteiger partial charge in [-0.05, 0) is 57.3 Å². The van der Waals surface area contributed by atoms with Crippen LogP contribution in [0, 0.1) is 11.3 Å². The third-order valence-corrected chi connectivity index (χ3v) is 3.13. The maximum atomic E-state index is 8.96. The molecule has 0 unspecified atom stereocenters. The molecule has 0 saturated heterocycles. The molecule has 0 aliphatic rings. The predicted octanol–water partition coefficient (Wildman–Crippen LogP) is 3.29. The van der Waals surface area contributed by atoms with E-state index < -0.39 is 0 Å². The van der Waals surface area contributed by atoms with E-state index in [0.717, 1.165) is 30.6 Å². The maximum Gasteiger partial charge on any atom is 0.0992 e. The molecule has 3 nitrogen and oxygen atoms in total. The number of aromatic nitrogens is 1. The Hall–Kier alpha value is -1.79. The van der Waals surface area contributed by atoms with E-state index >= 15 is 0 Å². The lowest BCUT2D eigenvalue weighted by molar-refractivity contribution is 0.414. The minimum atomic E-state index is 0.173. The summed E-state index contributed by atoms with van der Waals surface area (Å²) in [6, 6.07) is 10.1. The average Bonchev–Trinajstić information content (AvgIpc) is 2.76. The molecule has 100 valence electrons. The molecule has 1 aromatic carbocycles. The van der Waals surface area contributed by atoms with Crippen molar-refractivity contribution in [1.82, 2.24) is 9.88 Å². The fraction of sp³-hybridized carbons (Fsp3) is 0.438. The molecular weight excluding hydrogens is 234 g/mol. The Labute approximate surface area is 114 Å². The van der Waals surface area contributed by atoms with E-state index in [1.807, 2.05) is 18.2 Å². The lowest BCUT2D eigenvalue weighted by atomic mass is 10.1. The van der Waals surface area contributed by atoms with Crippen LogP contribution in [0.2, 0.25) is 0 Å².